The summed E-state index contributed by atoms with van der Waals surface area (Å²) in [7, 11) is -4.76. The topological polar surface area (TPSA) is 145 Å². The monoisotopic (exact) mass is 528 g/mol. The average Bonchev–Trinajstić information content (AvgIpc) is 3.02. The quantitative estimate of drug-likeness (QED) is 0.313. The van der Waals surface area contributed by atoms with E-state index in [2.05, 4.69) is 13.8 Å². The Kier molecular flexibility index (Phi) is 7.30. The second kappa shape index (κ2) is 9.25. The fraction of sp³-hybridized carbons (Fsp3) is 0.889. The molecule has 0 aromatic carbocycles. The van der Waals surface area contributed by atoms with Crippen molar-refractivity contribution in [3.8, 4) is 0 Å². The molecule has 0 aromatic heterocycles. The molecule has 9 heteroatoms. The maximum Gasteiger partial charge on any atom is 0.469 e. The number of aliphatic hydroxyl groups is 3. The van der Waals surface area contributed by atoms with Gasteiger partial charge >= 0.3 is 7.82 Å². The highest BCUT2D eigenvalue weighted by atomic mass is 31.2. The first-order chi connectivity index (χ1) is 16.4. The van der Waals surface area contributed by atoms with Gasteiger partial charge in [-0.25, -0.2) is 4.57 Å². The Bertz CT molecular complexity index is 952. The van der Waals surface area contributed by atoms with E-state index in [0.29, 0.717) is 32.1 Å². The van der Waals surface area contributed by atoms with Crippen LogP contribution in [0.4, 0.5) is 0 Å². The van der Waals surface area contributed by atoms with Crippen LogP contribution >= 0.6 is 7.82 Å². The van der Waals surface area contributed by atoms with Crippen LogP contribution in [-0.4, -0.2) is 54.3 Å². The van der Waals surface area contributed by atoms with Crippen molar-refractivity contribution in [2.75, 3.05) is 0 Å². The van der Waals surface area contributed by atoms with E-state index < -0.39 is 36.6 Å². The maximum absolute atomic E-state index is 13.3. The Morgan fingerprint density at radius 3 is 2.42 bits per heavy atom. The number of hydrogen-bond acceptors (Lipinski definition) is 6. The number of phosphoric acid groups is 1. The average molecular weight is 529 g/mol. The van der Waals surface area contributed by atoms with Gasteiger partial charge < -0.3 is 25.1 Å². The van der Waals surface area contributed by atoms with E-state index in [9.17, 15) is 34.5 Å². The standard InChI is InChI=1S/C27H45O8P/c1-16(23(35-36(32,33)34)9-10-24(2,3)30)18-8-13-27(31)20-15-22(29)21-14-17(28)6-11-25(21,4)19(20)7-12-26(18,27)5/h15-19,21,23,28,30-31H,6-14H2,1-5H3,(H2,32,33,34)/t16-,17+,18+,19?,21-,23+,25+,26+,27+/m0/s1. The van der Waals surface area contributed by atoms with Gasteiger partial charge in [0.1, 0.15) is 0 Å². The second-order valence-electron chi connectivity index (χ2n) is 13.3. The lowest BCUT2D eigenvalue weighted by molar-refractivity contribution is -0.142. The number of aliphatic hydroxyl groups excluding tert-OH is 1. The van der Waals surface area contributed by atoms with Crippen LogP contribution in [0.2, 0.25) is 0 Å². The largest absolute Gasteiger partial charge is 0.469 e. The number of carbonyl (C=O) groups is 1. The van der Waals surface area contributed by atoms with Crippen molar-refractivity contribution in [1.82, 2.24) is 0 Å². The van der Waals surface area contributed by atoms with Crippen LogP contribution in [0.1, 0.15) is 92.4 Å². The maximum atomic E-state index is 13.3. The zero-order valence-corrected chi connectivity index (χ0v) is 23.2. The molecule has 0 aliphatic heterocycles. The Balaban J connectivity index is 1.65. The highest BCUT2D eigenvalue weighted by Crippen LogP contribution is 2.68. The lowest BCUT2D eigenvalue weighted by Gasteiger charge is -2.60. The third-order valence-electron chi connectivity index (χ3n) is 10.7. The Morgan fingerprint density at radius 1 is 1.14 bits per heavy atom. The summed E-state index contributed by atoms with van der Waals surface area (Å²) in [4.78, 5) is 32.5. The van der Waals surface area contributed by atoms with Crippen molar-refractivity contribution >= 4 is 13.6 Å². The number of allylic oxidation sites excluding steroid dienone is 1. The van der Waals surface area contributed by atoms with Gasteiger partial charge in [0.25, 0.3) is 0 Å². The lowest BCUT2D eigenvalue weighted by Crippen LogP contribution is -2.59. The normalized spacial score (nSPS) is 42.7. The first-order valence-corrected chi connectivity index (χ1v) is 15.1. The van der Waals surface area contributed by atoms with E-state index in [1.165, 1.54) is 0 Å². The minimum absolute atomic E-state index is 0.00422. The summed E-state index contributed by atoms with van der Waals surface area (Å²) >= 11 is 0. The molecule has 0 bridgehead atoms. The molecule has 4 aliphatic carbocycles. The summed E-state index contributed by atoms with van der Waals surface area (Å²) in [5.74, 6) is -0.483. The minimum atomic E-state index is -4.76. The second-order valence-corrected chi connectivity index (χ2v) is 14.5. The third kappa shape index (κ3) is 4.81. The van der Waals surface area contributed by atoms with Crippen LogP contribution < -0.4 is 0 Å². The summed E-state index contributed by atoms with van der Waals surface area (Å²) in [6.07, 6.45) is 5.69. The molecule has 1 unspecified atom stereocenters. The van der Waals surface area contributed by atoms with Crippen LogP contribution in [-0.2, 0) is 13.9 Å². The molecule has 206 valence electrons. The van der Waals surface area contributed by atoms with Gasteiger partial charge in [-0.1, -0.05) is 20.8 Å². The van der Waals surface area contributed by atoms with Gasteiger partial charge in [-0.15, -0.1) is 0 Å². The molecule has 3 saturated carbocycles. The molecule has 4 aliphatic rings. The van der Waals surface area contributed by atoms with Crippen molar-refractivity contribution in [3.63, 3.8) is 0 Å². The molecular formula is C27H45O8P. The predicted octanol–water partition coefficient (Wildman–Crippen LogP) is 3.89. The number of hydrogen-bond donors (Lipinski definition) is 5. The highest BCUT2D eigenvalue weighted by molar-refractivity contribution is 7.46. The van der Waals surface area contributed by atoms with Gasteiger partial charge in [-0.2, -0.15) is 0 Å². The first kappa shape index (κ1) is 28.4. The van der Waals surface area contributed by atoms with Crippen molar-refractivity contribution in [2.24, 2.45) is 34.5 Å². The summed E-state index contributed by atoms with van der Waals surface area (Å²) in [5, 5.41) is 32.8. The number of rotatable bonds is 7. The number of carbonyl (C=O) groups excluding carboxylic acids is 1. The van der Waals surface area contributed by atoms with Crippen molar-refractivity contribution < 1.29 is 39.0 Å². The molecule has 0 saturated heterocycles. The molecule has 4 rings (SSSR count). The predicted molar refractivity (Wildman–Crippen MR) is 135 cm³/mol. The number of fused-ring (bicyclic) bond motifs is 5. The molecular weight excluding hydrogens is 483 g/mol. The van der Waals surface area contributed by atoms with Crippen LogP contribution in [0.3, 0.4) is 0 Å². The molecule has 3 fully saturated rings. The molecule has 36 heavy (non-hydrogen) atoms. The van der Waals surface area contributed by atoms with E-state index in [1.54, 1.807) is 19.9 Å². The third-order valence-corrected chi connectivity index (χ3v) is 11.2. The Hall–Kier alpha value is -0.600. The zero-order chi connectivity index (χ0) is 26.9. The summed E-state index contributed by atoms with van der Waals surface area (Å²) < 4.78 is 17.1. The smallest absolute Gasteiger partial charge is 0.393 e. The number of phosphoric ester groups is 1. The highest BCUT2D eigenvalue weighted by Gasteiger charge is 2.66. The molecule has 0 radical (unpaired) electrons. The minimum Gasteiger partial charge on any atom is -0.393 e. The summed E-state index contributed by atoms with van der Waals surface area (Å²) in [6.45, 7) is 9.47. The van der Waals surface area contributed by atoms with Crippen molar-refractivity contribution in [3.05, 3.63) is 11.6 Å². The zero-order valence-electron chi connectivity index (χ0n) is 22.3. The van der Waals surface area contributed by atoms with Crippen molar-refractivity contribution in [2.45, 2.75) is 116 Å². The van der Waals surface area contributed by atoms with Crippen LogP contribution in [0, 0.1) is 34.5 Å². The SMILES string of the molecule is C[C@@H]([C@H]1CC[C@@]2(O)C3=CC(=O)[C@@H]4C[C@H](O)CC[C@]4(C)C3CC[C@]12C)[C@@H](CCC(C)(C)O)OP(=O)(O)O. The Morgan fingerprint density at radius 2 is 1.81 bits per heavy atom. The van der Waals surface area contributed by atoms with Crippen LogP contribution in [0.5, 0.6) is 0 Å². The molecule has 0 aromatic rings. The van der Waals surface area contributed by atoms with Crippen LogP contribution in [0.15, 0.2) is 11.6 Å². The van der Waals surface area contributed by atoms with E-state index >= 15 is 0 Å². The van der Waals surface area contributed by atoms with E-state index in [1.807, 2.05) is 6.92 Å². The number of ketones is 1. The molecule has 8 nitrogen and oxygen atoms in total. The Labute approximate surface area is 214 Å². The van der Waals surface area contributed by atoms with Gasteiger partial charge in [-0.05, 0) is 106 Å². The van der Waals surface area contributed by atoms with Crippen molar-refractivity contribution in [1.29, 1.82) is 0 Å². The van der Waals surface area contributed by atoms with E-state index in [-0.39, 0.29) is 41.3 Å². The summed E-state index contributed by atoms with van der Waals surface area (Å²) in [5.41, 5.74) is -2.19. The molecule has 0 spiro atoms. The molecule has 5 N–H and O–H groups in total. The fourth-order valence-electron chi connectivity index (χ4n) is 8.54. The van der Waals surface area contributed by atoms with E-state index in [0.717, 1.165) is 24.8 Å². The van der Waals surface area contributed by atoms with Gasteiger partial charge in [0.15, 0.2) is 5.78 Å². The van der Waals surface area contributed by atoms with Gasteiger partial charge in [0.05, 0.1) is 23.4 Å². The summed E-state index contributed by atoms with van der Waals surface area (Å²) in [6, 6.07) is 0. The van der Waals surface area contributed by atoms with E-state index in [4.69, 9.17) is 4.52 Å². The fourth-order valence-corrected chi connectivity index (χ4v) is 9.19. The van der Waals surface area contributed by atoms with Crippen LogP contribution in [0.25, 0.3) is 0 Å². The molecule has 9 atom stereocenters. The molecule has 0 amide bonds. The molecule has 0 heterocycles. The van der Waals surface area contributed by atoms with Gasteiger partial charge in [0, 0.05) is 11.3 Å². The lowest BCUT2D eigenvalue weighted by atomic mass is 9.46. The first-order valence-electron chi connectivity index (χ1n) is 13.5. The van der Waals surface area contributed by atoms with Gasteiger partial charge in [-0.3, -0.25) is 9.32 Å². The van der Waals surface area contributed by atoms with Gasteiger partial charge in [0.2, 0.25) is 0 Å².